The van der Waals surface area contributed by atoms with Gasteiger partial charge in [0.05, 0.1) is 11.3 Å². The Morgan fingerprint density at radius 3 is 2.62 bits per heavy atom. The number of anilines is 1. The van der Waals surface area contributed by atoms with Gasteiger partial charge in [-0.1, -0.05) is 12.1 Å². The van der Waals surface area contributed by atoms with Gasteiger partial charge in [-0.3, -0.25) is 10.1 Å². The van der Waals surface area contributed by atoms with Crippen LogP contribution in [-0.2, 0) is 6.18 Å². The molecule has 4 nitrogen and oxygen atoms in total. The summed E-state index contributed by atoms with van der Waals surface area (Å²) < 4.78 is 38.3. The lowest BCUT2D eigenvalue weighted by Crippen LogP contribution is -2.12. The quantitative estimate of drug-likeness (QED) is 0.718. The molecule has 9 heteroatoms. The number of aromatic nitrogens is 2. The van der Waals surface area contributed by atoms with Crippen molar-refractivity contribution in [3.63, 3.8) is 0 Å². The zero-order valence-electron chi connectivity index (χ0n) is 12.2. The maximum atomic E-state index is 12.8. The first-order valence-corrected chi connectivity index (χ1v) is 8.45. The lowest BCUT2D eigenvalue weighted by molar-refractivity contribution is -0.137. The van der Waals surface area contributed by atoms with E-state index in [2.05, 4.69) is 15.3 Å². The van der Waals surface area contributed by atoms with Crippen molar-refractivity contribution in [3.05, 3.63) is 52.0 Å². The molecule has 24 heavy (non-hydrogen) atoms. The largest absolute Gasteiger partial charge is 0.416 e. The highest BCUT2D eigenvalue weighted by Gasteiger charge is 2.30. The molecule has 0 fully saturated rings. The van der Waals surface area contributed by atoms with Crippen molar-refractivity contribution in [3.8, 4) is 10.6 Å². The second-order valence-electron chi connectivity index (χ2n) is 4.86. The van der Waals surface area contributed by atoms with Crippen LogP contribution in [0.4, 0.5) is 18.3 Å². The van der Waals surface area contributed by atoms with Gasteiger partial charge in [0, 0.05) is 16.3 Å². The van der Waals surface area contributed by atoms with Crippen LogP contribution in [0, 0.1) is 6.92 Å². The van der Waals surface area contributed by atoms with Crippen molar-refractivity contribution >= 4 is 33.7 Å². The number of aryl methyl sites for hydroxylation is 1. The highest BCUT2D eigenvalue weighted by Crippen LogP contribution is 2.33. The summed E-state index contributed by atoms with van der Waals surface area (Å²) in [6, 6.07) is 4.86. The highest BCUT2D eigenvalue weighted by molar-refractivity contribution is 7.14. The van der Waals surface area contributed by atoms with Gasteiger partial charge in [-0.05, 0) is 19.1 Å². The van der Waals surface area contributed by atoms with Crippen LogP contribution in [0.1, 0.15) is 21.7 Å². The van der Waals surface area contributed by atoms with E-state index in [-0.39, 0.29) is 5.69 Å². The summed E-state index contributed by atoms with van der Waals surface area (Å²) in [5.74, 6) is -0.446. The minimum Gasteiger partial charge on any atom is -0.296 e. The van der Waals surface area contributed by atoms with Gasteiger partial charge in [0.25, 0.3) is 5.91 Å². The standard InChI is InChI=1S/C15H10F3N3OS2/c1-8-6-24-14(19-8)21-12(22)11-7-23-13(20-11)9-3-2-4-10(5-9)15(16,17)18/h2-7H,1H3,(H,19,21,22). The number of halogens is 3. The van der Waals surface area contributed by atoms with E-state index in [0.717, 1.165) is 29.2 Å². The number of amides is 1. The Morgan fingerprint density at radius 1 is 1.17 bits per heavy atom. The molecule has 124 valence electrons. The van der Waals surface area contributed by atoms with Crippen molar-refractivity contribution in [1.29, 1.82) is 0 Å². The summed E-state index contributed by atoms with van der Waals surface area (Å²) in [7, 11) is 0. The molecular weight excluding hydrogens is 359 g/mol. The van der Waals surface area contributed by atoms with Crippen LogP contribution in [0.25, 0.3) is 10.6 Å². The topological polar surface area (TPSA) is 54.9 Å². The molecule has 0 aliphatic heterocycles. The molecule has 3 rings (SSSR count). The zero-order chi connectivity index (χ0) is 17.3. The Hall–Kier alpha value is -2.26. The maximum Gasteiger partial charge on any atom is 0.416 e. The van der Waals surface area contributed by atoms with Crippen molar-refractivity contribution in [1.82, 2.24) is 9.97 Å². The summed E-state index contributed by atoms with van der Waals surface area (Å²) in [4.78, 5) is 20.4. The second kappa shape index (κ2) is 6.33. The fourth-order valence-electron chi connectivity index (χ4n) is 1.91. The van der Waals surface area contributed by atoms with Crippen LogP contribution in [-0.4, -0.2) is 15.9 Å². The minimum absolute atomic E-state index is 0.139. The predicted octanol–water partition coefficient (Wildman–Crippen LogP) is 4.85. The summed E-state index contributed by atoms with van der Waals surface area (Å²) in [6.45, 7) is 1.81. The van der Waals surface area contributed by atoms with Gasteiger partial charge in [0.15, 0.2) is 5.13 Å². The van der Waals surface area contributed by atoms with E-state index in [1.807, 2.05) is 0 Å². The lowest BCUT2D eigenvalue weighted by Gasteiger charge is -2.07. The fraction of sp³-hybridized carbons (Fsp3) is 0.133. The van der Waals surface area contributed by atoms with Crippen LogP contribution < -0.4 is 5.32 Å². The SMILES string of the molecule is Cc1csc(NC(=O)c2csc(-c3cccc(C(F)(F)F)c3)n2)n1. The van der Waals surface area contributed by atoms with Crippen molar-refractivity contribution in [2.24, 2.45) is 0 Å². The van der Waals surface area contributed by atoms with Crippen LogP contribution in [0.2, 0.25) is 0 Å². The molecule has 1 aromatic carbocycles. The Balaban J connectivity index is 1.81. The third-order valence-corrected chi connectivity index (χ3v) is 4.78. The lowest BCUT2D eigenvalue weighted by atomic mass is 10.1. The van der Waals surface area contributed by atoms with Crippen molar-refractivity contribution in [2.75, 3.05) is 5.32 Å². The molecule has 0 atom stereocenters. The van der Waals surface area contributed by atoms with E-state index >= 15 is 0 Å². The molecule has 0 saturated carbocycles. The van der Waals surface area contributed by atoms with Crippen LogP contribution >= 0.6 is 22.7 Å². The van der Waals surface area contributed by atoms with Gasteiger partial charge < -0.3 is 0 Å². The molecule has 0 saturated heterocycles. The van der Waals surface area contributed by atoms with E-state index in [9.17, 15) is 18.0 Å². The zero-order valence-corrected chi connectivity index (χ0v) is 13.9. The number of benzene rings is 1. The van der Waals surface area contributed by atoms with E-state index in [0.29, 0.717) is 15.7 Å². The van der Waals surface area contributed by atoms with Crippen molar-refractivity contribution in [2.45, 2.75) is 13.1 Å². The monoisotopic (exact) mass is 369 g/mol. The van der Waals surface area contributed by atoms with Gasteiger partial charge in [0.1, 0.15) is 10.7 Å². The molecular formula is C15H10F3N3OS2. The number of rotatable bonds is 3. The number of thiazole rings is 2. The summed E-state index contributed by atoms with van der Waals surface area (Å²) >= 11 is 2.40. The maximum absolute atomic E-state index is 12.8. The normalized spacial score (nSPS) is 11.5. The number of carbonyl (C=O) groups excluding carboxylic acids is 1. The Labute approximate surface area is 143 Å². The molecule has 2 heterocycles. The van der Waals surface area contributed by atoms with Gasteiger partial charge in [-0.2, -0.15) is 13.2 Å². The van der Waals surface area contributed by atoms with Gasteiger partial charge >= 0.3 is 6.18 Å². The van der Waals surface area contributed by atoms with Gasteiger partial charge in [0.2, 0.25) is 0 Å². The number of hydrogen-bond acceptors (Lipinski definition) is 5. The highest BCUT2D eigenvalue weighted by atomic mass is 32.1. The predicted molar refractivity (Wildman–Crippen MR) is 87.4 cm³/mol. The first-order valence-electron chi connectivity index (χ1n) is 6.69. The Morgan fingerprint density at radius 2 is 1.96 bits per heavy atom. The van der Waals surface area contributed by atoms with Gasteiger partial charge in [-0.15, -0.1) is 22.7 Å². The third-order valence-electron chi connectivity index (χ3n) is 3.01. The summed E-state index contributed by atoms with van der Waals surface area (Å²) in [5.41, 5.74) is 0.497. The number of nitrogens with zero attached hydrogens (tertiary/aromatic N) is 2. The van der Waals surface area contributed by atoms with Crippen LogP contribution in [0.15, 0.2) is 35.0 Å². The Bertz CT molecular complexity index is 886. The fourth-order valence-corrected chi connectivity index (χ4v) is 3.39. The van der Waals surface area contributed by atoms with E-state index in [1.165, 1.54) is 28.8 Å². The number of carbonyl (C=O) groups is 1. The molecule has 2 aromatic heterocycles. The van der Waals surface area contributed by atoms with Crippen LogP contribution in [0.3, 0.4) is 0 Å². The third kappa shape index (κ3) is 3.62. The van der Waals surface area contributed by atoms with E-state index in [4.69, 9.17) is 0 Å². The summed E-state index contributed by atoms with van der Waals surface area (Å²) in [6.07, 6.45) is -4.42. The first-order chi connectivity index (χ1) is 11.3. The molecule has 0 spiro atoms. The molecule has 0 unspecified atom stereocenters. The Kier molecular flexibility index (Phi) is 4.37. The smallest absolute Gasteiger partial charge is 0.296 e. The molecule has 3 aromatic rings. The molecule has 0 aliphatic rings. The number of alkyl halides is 3. The number of hydrogen-bond donors (Lipinski definition) is 1. The summed E-state index contributed by atoms with van der Waals surface area (Å²) in [5, 5.41) is 6.71. The van der Waals surface area contributed by atoms with E-state index in [1.54, 1.807) is 12.3 Å². The molecule has 0 radical (unpaired) electrons. The van der Waals surface area contributed by atoms with Gasteiger partial charge in [-0.25, -0.2) is 9.97 Å². The molecule has 1 amide bonds. The molecule has 1 N–H and O–H groups in total. The van der Waals surface area contributed by atoms with E-state index < -0.39 is 17.6 Å². The molecule has 0 bridgehead atoms. The average molecular weight is 369 g/mol. The van der Waals surface area contributed by atoms with Crippen LogP contribution in [0.5, 0.6) is 0 Å². The average Bonchev–Trinajstić information content (AvgIpc) is 3.16. The van der Waals surface area contributed by atoms with Crippen molar-refractivity contribution < 1.29 is 18.0 Å². The second-order valence-corrected chi connectivity index (χ2v) is 6.58. The number of nitrogens with one attached hydrogen (secondary N) is 1. The first kappa shape index (κ1) is 16.6. The molecule has 0 aliphatic carbocycles. The minimum atomic E-state index is -4.42.